The van der Waals surface area contributed by atoms with Crippen molar-refractivity contribution in [1.82, 2.24) is 4.90 Å². The number of aliphatic hydroxyl groups excluding tert-OH is 1. The largest absolute Gasteiger partial charge is 0.389 e. The third-order valence-corrected chi connectivity index (χ3v) is 3.00. The van der Waals surface area contributed by atoms with Crippen LogP contribution in [0.25, 0.3) is 6.08 Å². The Morgan fingerprint density at radius 2 is 2.12 bits per heavy atom. The van der Waals surface area contributed by atoms with Crippen LogP contribution in [0.4, 0.5) is 0 Å². The van der Waals surface area contributed by atoms with E-state index in [9.17, 15) is 4.79 Å². The van der Waals surface area contributed by atoms with Gasteiger partial charge in [0, 0.05) is 19.2 Å². The highest BCUT2D eigenvalue weighted by Gasteiger charge is 2.26. The van der Waals surface area contributed by atoms with Crippen molar-refractivity contribution in [2.75, 3.05) is 13.1 Å². The van der Waals surface area contributed by atoms with Gasteiger partial charge in [0.15, 0.2) is 0 Å². The lowest BCUT2D eigenvalue weighted by Gasteiger charge is -2.34. The minimum absolute atomic E-state index is 0.0322. The predicted molar refractivity (Wildman–Crippen MR) is 67.5 cm³/mol. The summed E-state index contributed by atoms with van der Waals surface area (Å²) in [7, 11) is 0. The molecule has 0 aromatic heterocycles. The first-order valence-corrected chi connectivity index (χ1v) is 5.78. The molecule has 0 atom stereocenters. The highest BCUT2D eigenvalue weighted by molar-refractivity contribution is 5.92. The normalized spacial score (nSPS) is 16.3. The number of likely N-dealkylation sites (tertiary alicyclic amines) is 1. The summed E-state index contributed by atoms with van der Waals surface area (Å²) in [6, 6.07) is 6.14. The lowest BCUT2D eigenvalue weighted by molar-refractivity contribution is -0.135. The maximum absolute atomic E-state index is 11.7. The van der Waals surface area contributed by atoms with Gasteiger partial charge in [-0.25, -0.2) is 0 Å². The van der Waals surface area contributed by atoms with E-state index in [-0.39, 0.29) is 12.0 Å². The van der Waals surface area contributed by atoms with Gasteiger partial charge in [-0.3, -0.25) is 4.79 Å². The maximum Gasteiger partial charge on any atom is 0.246 e. The van der Waals surface area contributed by atoms with E-state index < -0.39 is 0 Å². The van der Waals surface area contributed by atoms with Crippen LogP contribution >= 0.6 is 0 Å². The number of benzene rings is 1. The minimum atomic E-state index is -0.339. The highest BCUT2D eigenvalue weighted by atomic mass is 16.3. The van der Waals surface area contributed by atoms with Gasteiger partial charge in [-0.05, 0) is 31.1 Å². The van der Waals surface area contributed by atoms with Crippen LogP contribution in [0.2, 0.25) is 0 Å². The molecule has 1 amide bonds. The van der Waals surface area contributed by atoms with E-state index in [0.29, 0.717) is 13.1 Å². The molecule has 0 bridgehead atoms. The van der Waals surface area contributed by atoms with Crippen LogP contribution in [0.1, 0.15) is 16.7 Å². The van der Waals surface area contributed by atoms with Gasteiger partial charge in [-0.1, -0.05) is 23.8 Å². The van der Waals surface area contributed by atoms with E-state index in [1.54, 1.807) is 11.0 Å². The van der Waals surface area contributed by atoms with Gasteiger partial charge < -0.3 is 10.0 Å². The maximum atomic E-state index is 11.7. The Bertz CT molecular complexity index is 459. The molecule has 0 saturated carbocycles. The summed E-state index contributed by atoms with van der Waals surface area (Å²) in [6.45, 7) is 4.99. The highest BCUT2D eigenvalue weighted by Crippen LogP contribution is 2.13. The Balaban J connectivity index is 2.02. The van der Waals surface area contributed by atoms with Gasteiger partial charge in [0.1, 0.15) is 0 Å². The van der Waals surface area contributed by atoms with Crippen molar-refractivity contribution < 1.29 is 9.90 Å². The van der Waals surface area contributed by atoms with E-state index in [4.69, 9.17) is 5.11 Å². The molecular weight excluding hydrogens is 214 g/mol. The molecule has 1 fully saturated rings. The molecule has 17 heavy (non-hydrogen) atoms. The fourth-order valence-electron chi connectivity index (χ4n) is 1.91. The number of carbonyl (C=O) groups excluding carboxylic acids is 1. The lowest BCUT2D eigenvalue weighted by atomic mass is 10.1. The molecule has 0 spiro atoms. The number of aliphatic hydroxyl groups is 1. The van der Waals surface area contributed by atoms with Crippen LogP contribution in [0.5, 0.6) is 0 Å². The third kappa shape index (κ3) is 2.74. The first-order valence-electron chi connectivity index (χ1n) is 5.78. The third-order valence-electron chi connectivity index (χ3n) is 3.00. The number of hydrogen-bond acceptors (Lipinski definition) is 2. The van der Waals surface area contributed by atoms with E-state index in [1.165, 1.54) is 5.56 Å². The summed E-state index contributed by atoms with van der Waals surface area (Å²) in [5.74, 6) is -0.0322. The number of aryl methyl sites for hydroxylation is 2. The van der Waals surface area contributed by atoms with Crippen molar-refractivity contribution in [3.05, 3.63) is 41.0 Å². The van der Waals surface area contributed by atoms with Crippen LogP contribution in [0, 0.1) is 13.8 Å². The van der Waals surface area contributed by atoms with Crippen LogP contribution in [0.15, 0.2) is 24.3 Å². The second-order valence-electron chi connectivity index (χ2n) is 4.59. The Hall–Kier alpha value is -1.61. The van der Waals surface area contributed by atoms with Gasteiger partial charge in [0.2, 0.25) is 5.91 Å². The van der Waals surface area contributed by atoms with Crippen molar-refractivity contribution in [3.63, 3.8) is 0 Å². The standard InChI is InChI=1S/C14H17NO2/c1-10-3-4-12(11(2)7-10)5-6-14(17)15-8-13(16)9-15/h3-7,13,16H,8-9H2,1-2H3/b6-5+. The molecule has 1 aliphatic rings. The fourth-order valence-corrected chi connectivity index (χ4v) is 1.91. The number of carbonyl (C=O) groups is 1. The smallest absolute Gasteiger partial charge is 0.246 e. The number of nitrogens with zero attached hydrogens (tertiary/aromatic N) is 1. The van der Waals surface area contributed by atoms with E-state index in [0.717, 1.165) is 11.1 Å². The number of rotatable bonds is 2. The topological polar surface area (TPSA) is 40.5 Å². The van der Waals surface area contributed by atoms with Crippen LogP contribution < -0.4 is 0 Å². The van der Waals surface area contributed by atoms with Crippen molar-refractivity contribution >= 4 is 12.0 Å². The van der Waals surface area contributed by atoms with Crippen molar-refractivity contribution in [2.45, 2.75) is 20.0 Å². The molecule has 0 unspecified atom stereocenters. The summed E-state index contributed by atoms with van der Waals surface area (Å²) in [5, 5.41) is 9.11. The summed E-state index contributed by atoms with van der Waals surface area (Å²) in [5.41, 5.74) is 3.44. The Kier molecular flexibility index (Phi) is 3.29. The SMILES string of the molecule is Cc1ccc(/C=C/C(=O)N2CC(O)C2)c(C)c1. The van der Waals surface area contributed by atoms with Gasteiger partial charge >= 0.3 is 0 Å². The minimum Gasteiger partial charge on any atom is -0.389 e. The molecule has 1 heterocycles. The Labute approximate surface area is 101 Å². The van der Waals surface area contributed by atoms with Crippen LogP contribution in [0.3, 0.4) is 0 Å². The summed E-state index contributed by atoms with van der Waals surface area (Å²) in [6.07, 6.45) is 3.07. The molecule has 3 nitrogen and oxygen atoms in total. The Morgan fingerprint density at radius 3 is 2.71 bits per heavy atom. The zero-order chi connectivity index (χ0) is 12.4. The summed E-state index contributed by atoms with van der Waals surface area (Å²) >= 11 is 0. The molecular formula is C14H17NO2. The lowest BCUT2D eigenvalue weighted by Crippen LogP contribution is -2.52. The first-order chi connectivity index (χ1) is 8.06. The molecule has 0 aliphatic carbocycles. The second kappa shape index (κ2) is 4.72. The average molecular weight is 231 g/mol. The summed E-state index contributed by atoms with van der Waals surface area (Å²) < 4.78 is 0. The number of β-amino-alcohol motifs (C(OH)–C–C–N with tert-alkyl or cyclic N) is 1. The molecule has 1 aromatic rings. The van der Waals surface area contributed by atoms with Crippen molar-refractivity contribution in [3.8, 4) is 0 Å². The molecule has 3 heteroatoms. The average Bonchev–Trinajstić information content (AvgIpc) is 2.23. The van der Waals surface area contributed by atoms with Gasteiger partial charge in [0.05, 0.1) is 6.10 Å². The number of hydrogen-bond donors (Lipinski definition) is 1. The van der Waals surface area contributed by atoms with E-state index in [1.807, 2.05) is 32.1 Å². The first kappa shape index (κ1) is 11.9. The monoisotopic (exact) mass is 231 g/mol. The predicted octanol–water partition coefficient (Wildman–Crippen LogP) is 1.52. The molecule has 1 aromatic carbocycles. The van der Waals surface area contributed by atoms with E-state index in [2.05, 4.69) is 6.07 Å². The zero-order valence-corrected chi connectivity index (χ0v) is 10.2. The molecule has 1 aliphatic heterocycles. The van der Waals surface area contributed by atoms with Gasteiger partial charge in [-0.15, -0.1) is 0 Å². The van der Waals surface area contributed by atoms with Gasteiger partial charge in [0.25, 0.3) is 0 Å². The van der Waals surface area contributed by atoms with Crippen molar-refractivity contribution in [1.29, 1.82) is 0 Å². The molecule has 1 N–H and O–H groups in total. The number of amides is 1. The Morgan fingerprint density at radius 1 is 1.41 bits per heavy atom. The van der Waals surface area contributed by atoms with E-state index >= 15 is 0 Å². The van der Waals surface area contributed by atoms with Crippen LogP contribution in [-0.4, -0.2) is 35.1 Å². The van der Waals surface area contributed by atoms with Crippen LogP contribution in [-0.2, 0) is 4.79 Å². The second-order valence-corrected chi connectivity index (χ2v) is 4.59. The van der Waals surface area contributed by atoms with Crippen molar-refractivity contribution in [2.24, 2.45) is 0 Å². The summed E-state index contributed by atoms with van der Waals surface area (Å²) in [4.78, 5) is 13.3. The molecule has 90 valence electrons. The van der Waals surface area contributed by atoms with Gasteiger partial charge in [-0.2, -0.15) is 0 Å². The zero-order valence-electron chi connectivity index (χ0n) is 10.2. The quantitative estimate of drug-likeness (QED) is 0.784. The molecule has 2 rings (SSSR count). The molecule has 0 radical (unpaired) electrons. The molecule has 1 saturated heterocycles. The fraction of sp³-hybridized carbons (Fsp3) is 0.357.